The molecule has 4 rings (SSSR count). The van der Waals surface area contributed by atoms with Crippen molar-refractivity contribution < 1.29 is 19.7 Å². The Morgan fingerprint density at radius 1 is 0.362 bits per heavy atom. The fourth-order valence-corrected chi connectivity index (χ4v) is 7.47. The maximum Gasteiger partial charge on any atom is 0.132 e. The van der Waals surface area contributed by atoms with Gasteiger partial charge in [-0.25, -0.2) is 0 Å². The molecule has 4 nitrogen and oxygen atoms in total. The predicted octanol–water partition coefficient (Wildman–Crippen LogP) is 14.4. The largest absolute Gasteiger partial charge is 0.496 e. The minimum absolute atomic E-state index is 0.0567. The quantitative estimate of drug-likeness (QED) is 0.177. The molecule has 0 saturated carbocycles. The van der Waals surface area contributed by atoms with Crippen LogP contribution in [0.4, 0.5) is 0 Å². The zero-order valence-corrected chi connectivity index (χ0v) is 40.1. The Bertz CT molecular complexity index is 1860. The van der Waals surface area contributed by atoms with Crippen molar-refractivity contribution in [1.82, 2.24) is 0 Å². The van der Waals surface area contributed by atoms with E-state index in [2.05, 4.69) is 185 Å². The molecule has 0 spiro atoms. The molecule has 2 N–H and O–H groups in total. The Labute approximate surface area is 353 Å². The summed E-state index contributed by atoms with van der Waals surface area (Å²) in [6, 6.07) is 22.5. The molecule has 0 saturated heterocycles. The van der Waals surface area contributed by atoms with Gasteiger partial charge < -0.3 is 19.7 Å². The highest BCUT2D eigenvalue weighted by Gasteiger charge is 2.30. The van der Waals surface area contributed by atoms with Crippen LogP contribution in [0.15, 0.2) is 60.7 Å². The molecule has 4 heteroatoms. The number of ether oxygens (including phenoxy) is 2. The van der Waals surface area contributed by atoms with E-state index in [1.165, 1.54) is 22.3 Å². The van der Waals surface area contributed by atoms with Crippen LogP contribution >= 0.6 is 0 Å². The minimum Gasteiger partial charge on any atom is -0.496 e. The van der Waals surface area contributed by atoms with Gasteiger partial charge in [0.25, 0.3) is 0 Å². The Hall–Kier alpha value is -3.60. The molecule has 4 aromatic rings. The molecule has 4 aromatic carbocycles. The van der Waals surface area contributed by atoms with Crippen molar-refractivity contribution in [3.63, 3.8) is 0 Å². The summed E-state index contributed by atoms with van der Waals surface area (Å²) in [5.74, 6) is 1.34. The van der Waals surface area contributed by atoms with Gasteiger partial charge in [-0.2, -0.15) is 0 Å². The van der Waals surface area contributed by atoms with E-state index in [1.807, 2.05) is 0 Å². The Kier molecular flexibility index (Phi) is 13.4. The number of aliphatic hydroxyl groups excluding tert-OH is 2. The van der Waals surface area contributed by atoms with E-state index < -0.39 is 12.2 Å². The summed E-state index contributed by atoms with van der Waals surface area (Å²) in [5, 5.41) is 24.4. The molecule has 0 aliphatic heterocycles. The molecule has 0 fully saturated rings. The molecule has 0 radical (unpaired) electrons. The molecule has 0 aliphatic carbocycles. The topological polar surface area (TPSA) is 58.9 Å². The number of hydrogen-bond donors (Lipinski definition) is 2. The average molecular weight is 791 g/mol. The summed E-state index contributed by atoms with van der Waals surface area (Å²) in [5.41, 5.74) is 12.2. The van der Waals surface area contributed by atoms with Crippen LogP contribution in [0.1, 0.15) is 194 Å². The summed E-state index contributed by atoms with van der Waals surface area (Å²) < 4.78 is 12.5. The van der Waals surface area contributed by atoms with Crippen molar-refractivity contribution in [2.45, 2.75) is 182 Å². The number of benzene rings is 4. The van der Waals surface area contributed by atoms with Gasteiger partial charge in [0.2, 0.25) is 0 Å². The monoisotopic (exact) mass is 791 g/mol. The zero-order valence-electron chi connectivity index (χ0n) is 40.1. The smallest absolute Gasteiger partial charge is 0.132 e. The first-order valence-corrected chi connectivity index (χ1v) is 21.4. The Balaban J connectivity index is 1.87. The third kappa shape index (κ3) is 10.8. The van der Waals surface area contributed by atoms with Crippen LogP contribution in [0.25, 0.3) is 22.3 Å². The molecule has 0 bridgehead atoms. The molecule has 0 amide bonds. The predicted molar refractivity (Wildman–Crippen MR) is 248 cm³/mol. The number of aliphatic hydroxyl groups is 2. The first kappa shape index (κ1) is 47.1. The minimum atomic E-state index is -0.882. The van der Waals surface area contributed by atoms with Crippen LogP contribution in [0.2, 0.25) is 0 Å². The number of hydrogen-bond acceptors (Lipinski definition) is 4. The first-order chi connectivity index (χ1) is 26.3. The van der Waals surface area contributed by atoms with Gasteiger partial charge >= 0.3 is 0 Å². The van der Waals surface area contributed by atoms with Crippen LogP contribution in [-0.2, 0) is 32.5 Å². The van der Waals surface area contributed by atoms with Gasteiger partial charge in [-0.05, 0) is 114 Å². The summed E-state index contributed by atoms with van der Waals surface area (Å²) >= 11 is 0. The molecule has 0 heterocycles. The maximum absolute atomic E-state index is 12.2. The third-order valence-corrected chi connectivity index (χ3v) is 11.8. The fourth-order valence-electron chi connectivity index (χ4n) is 7.47. The molecule has 2 unspecified atom stereocenters. The Morgan fingerprint density at radius 3 is 0.793 bits per heavy atom. The zero-order chi connectivity index (χ0) is 44.1. The molecular weight excluding hydrogens is 713 g/mol. The summed E-state index contributed by atoms with van der Waals surface area (Å²) in [6.45, 7) is 40.3. The highest BCUT2D eigenvalue weighted by molar-refractivity contribution is 5.77. The molecule has 0 aliphatic rings. The lowest BCUT2D eigenvalue weighted by molar-refractivity contribution is 0.111. The van der Waals surface area contributed by atoms with Gasteiger partial charge in [0.1, 0.15) is 11.5 Å². The van der Waals surface area contributed by atoms with Crippen LogP contribution in [-0.4, -0.2) is 24.4 Å². The van der Waals surface area contributed by atoms with Crippen molar-refractivity contribution in [3.05, 3.63) is 105 Å². The van der Waals surface area contributed by atoms with Gasteiger partial charge in [0, 0.05) is 22.3 Å². The summed E-state index contributed by atoms with van der Waals surface area (Å²) in [7, 11) is 3.39. The summed E-state index contributed by atoms with van der Waals surface area (Å²) in [6.07, 6.45) is -1.11. The molecule has 58 heavy (non-hydrogen) atoms. The first-order valence-electron chi connectivity index (χ1n) is 21.4. The van der Waals surface area contributed by atoms with Gasteiger partial charge in [0.15, 0.2) is 0 Å². The van der Waals surface area contributed by atoms with Crippen molar-refractivity contribution in [2.24, 2.45) is 0 Å². The third-order valence-electron chi connectivity index (χ3n) is 11.8. The lowest BCUT2D eigenvalue weighted by Gasteiger charge is -2.29. The van der Waals surface area contributed by atoms with Crippen molar-refractivity contribution in [2.75, 3.05) is 14.2 Å². The molecule has 2 atom stereocenters. The second-order valence-corrected chi connectivity index (χ2v) is 23.0. The second kappa shape index (κ2) is 16.5. The fraction of sp³-hybridized carbons (Fsp3) is 0.556. The van der Waals surface area contributed by atoms with Crippen LogP contribution < -0.4 is 9.47 Å². The van der Waals surface area contributed by atoms with Crippen LogP contribution in [0.5, 0.6) is 11.5 Å². The van der Waals surface area contributed by atoms with Crippen molar-refractivity contribution in [3.8, 4) is 33.8 Å². The van der Waals surface area contributed by atoms with Crippen molar-refractivity contribution in [1.29, 1.82) is 0 Å². The second-order valence-electron chi connectivity index (χ2n) is 23.0. The SMILES string of the molecule is COc1c(-c2cc(C(C)(C)C)cc(C(C)(C)C)c2)cc(C(C)(C)C)cc1C(O)CCC(O)c1cc(C(C)(C)C)cc(-c2cc(C(C)(C)C)cc(C(C)(C)C)c2)c1OC. The van der Waals surface area contributed by atoms with E-state index in [0.717, 1.165) is 44.5 Å². The Morgan fingerprint density at radius 2 is 0.586 bits per heavy atom. The lowest BCUT2D eigenvalue weighted by atomic mass is 9.77. The molecule has 0 aromatic heterocycles. The maximum atomic E-state index is 12.2. The number of methoxy groups -OCH3 is 2. The standard InChI is InChI=1S/C54H78O4/c1-49(2,3)35-23-33(24-36(27-35)50(4,5)6)41-29-39(53(13,14)15)31-43(47(41)57-19)45(55)21-22-46(56)44-32-40(54(16,17)18)30-42(48(44)58-20)34-25-37(51(7,8)9)28-38(26-34)52(10,11)12/h23-32,45-46,55-56H,21-22H2,1-20H3. The molecular formula is C54H78O4. The van der Waals surface area contributed by atoms with E-state index in [0.29, 0.717) is 24.3 Å². The van der Waals surface area contributed by atoms with Gasteiger partial charge in [0.05, 0.1) is 26.4 Å². The van der Waals surface area contributed by atoms with Crippen LogP contribution in [0.3, 0.4) is 0 Å². The van der Waals surface area contributed by atoms with E-state index in [-0.39, 0.29) is 32.5 Å². The lowest BCUT2D eigenvalue weighted by Crippen LogP contribution is -2.17. The number of rotatable bonds is 9. The average Bonchev–Trinajstić information content (AvgIpc) is 3.09. The van der Waals surface area contributed by atoms with E-state index in [9.17, 15) is 10.2 Å². The van der Waals surface area contributed by atoms with E-state index in [1.54, 1.807) is 14.2 Å². The highest BCUT2D eigenvalue weighted by Crippen LogP contribution is 2.47. The summed E-state index contributed by atoms with van der Waals surface area (Å²) in [4.78, 5) is 0. The van der Waals surface area contributed by atoms with Crippen molar-refractivity contribution >= 4 is 0 Å². The van der Waals surface area contributed by atoms with Gasteiger partial charge in [-0.15, -0.1) is 0 Å². The van der Waals surface area contributed by atoms with E-state index in [4.69, 9.17) is 9.47 Å². The molecule has 318 valence electrons. The van der Waals surface area contributed by atoms with E-state index >= 15 is 0 Å². The van der Waals surface area contributed by atoms with Gasteiger partial charge in [-0.1, -0.05) is 161 Å². The van der Waals surface area contributed by atoms with Gasteiger partial charge in [-0.3, -0.25) is 0 Å². The van der Waals surface area contributed by atoms with Crippen LogP contribution in [0, 0.1) is 0 Å². The normalized spacial score (nSPS) is 14.4. The highest BCUT2D eigenvalue weighted by atomic mass is 16.5.